The number of nitrogens with zero attached hydrogens (tertiary/aromatic N) is 1. The van der Waals surface area contributed by atoms with Crippen LogP contribution in [0.1, 0.15) is 80.1 Å². The molecule has 0 aliphatic carbocycles. The highest BCUT2D eigenvalue weighted by Crippen LogP contribution is 2.25. The molecule has 0 aliphatic rings. The second kappa shape index (κ2) is 11.6. The second-order valence-corrected chi connectivity index (χ2v) is 6.82. The zero-order valence-corrected chi connectivity index (χ0v) is 15.1. The molecule has 0 aromatic heterocycles. The molecule has 0 aromatic carbocycles. The standard InChI is InChI=1S/C18H40N2/c1-7-11-14-20(17(5)10-4)16-18(6,12-8-2)15-19-13-9-3/h17,19H,7-16H2,1-6H3. The molecule has 0 amide bonds. The predicted octanol–water partition coefficient (Wildman–Crippen LogP) is 4.69. The highest BCUT2D eigenvalue weighted by molar-refractivity contribution is 4.82. The highest BCUT2D eigenvalue weighted by Gasteiger charge is 2.27. The van der Waals surface area contributed by atoms with E-state index in [2.05, 4.69) is 51.8 Å². The first-order chi connectivity index (χ1) is 9.52. The molecule has 2 unspecified atom stereocenters. The number of unbranched alkanes of at least 4 members (excludes halogenated alkanes) is 1. The van der Waals surface area contributed by atoms with Crippen molar-refractivity contribution in [2.75, 3.05) is 26.2 Å². The van der Waals surface area contributed by atoms with Crippen molar-refractivity contribution in [3.8, 4) is 0 Å². The Bertz CT molecular complexity index is 217. The Balaban J connectivity index is 4.60. The summed E-state index contributed by atoms with van der Waals surface area (Å²) < 4.78 is 0. The Morgan fingerprint density at radius 1 is 1.05 bits per heavy atom. The van der Waals surface area contributed by atoms with Crippen LogP contribution in [-0.2, 0) is 0 Å². The third-order valence-corrected chi connectivity index (χ3v) is 4.43. The van der Waals surface area contributed by atoms with Gasteiger partial charge in [0.1, 0.15) is 0 Å². The minimum atomic E-state index is 0.418. The van der Waals surface area contributed by atoms with Crippen molar-refractivity contribution in [2.45, 2.75) is 86.1 Å². The molecule has 2 atom stereocenters. The first-order valence-electron chi connectivity index (χ1n) is 8.97. The van der Waals surface area contributed by atoms with Crippen LogP contribution in [0.3, 0.4) is 0 Å². The molecule has 2 nitrogen and oxygen atoms in total. The van der Waals surface area contributed by atoms with E-state index in [1.54, 1.807) is 0 Å². The van der Waals surface area contributed by atoms with E-state index in [9.17, 15) is 0 Å². The Labute approximate surface area is 128 Å². The van der Waals surface area contributed by atoms with Gasteiger partial charge in [0.05, 0.1) is 0 Å². The van der Waals surface area contributed by atoms with Gasteiger partial charge in [0.25, 0.3) is 0 Å². The number of hydrogen-bond donors (Lipinski definition) is 1. The van der Waals surface area contributed by atoms with Crippen molar-refractivity contribution in [3.63, 3.8) is 0 Å². The van der Waals surface area contributed by atoms with Gasteiger partial charge >= 0.3 is 0 Å². The van der Waals surface area contributed by atoms with Crippen molar-refractivity contribution < 1.29 is 0 Å². The first-order valence-corrected chi connectivity index (χ1v) is 8.97. The molecule has 0 heterocycles. The topological polar surface area (TPSA) is 15.3 Å². The maximum absolute atomic E-state index is 3.65. The lowest BCUT2D eigenvalue weighted by Gasteiger charge is -2.39. The quantitative estimate of drug-likeness (QED) is 0.493. The molecule has 2 heteroatoms. The summed E-state index contributed by atoms with van der Waals surface area (Å²) in [7, 11) is 0. The number of rotatable bonds is 13. The predicted molar refractivity (Wildman–Crippen MR) is 92.4 cm³/mol. The van der Waals surface area contributed by atoms with E-state index < -0.39 is 0 Å². The lowest BCUT2D eigenvalue weighted by Crippen LogP contribution is -2.46. The van der Waals surface area contributed by atoms with Crippen LogP contribution in [0.2, 0.25) is 0 Å². The van der Waals surface area contributed by atoms with E-state index in [0.29, 0.717) is 11.5 Å². The lowest BCUT2D eigenvalue weighted by atomic mass is 9.84. The molecule has 0 saturated carbocycles. The van der Waals surface area contributed by atoms with Gasteiger partial charge in [0, 0.05) is 19.1 Å². The van der Waals surface area contributed by atoms with Crippen LogP contribution in [0.25, 0.3) is 0 Å². The van der Waals surface area contributed by atoms with E-state index in [-0.39, 0.29) is 0 Å². The molecule has 0 aromatic rings. The maximum atomic E-state index is 3.65. The summed E-state index contributed by atoms with van der Waals surface area (Å²) in [5, 5.41) is 3.65. The van der Waals surface area contributed by atoms with E-state index in [1.807, 2.05) is 0 Å². The fourth-order valence-electron chi connectivity index (χ4n) is 2.96. The minimum absolute atomic E-state index is 0.418. The number of hydrogen-bond acceptors (Lipinski definition) is 2. The Morgan fingerprint density at radius 3 is 2.25 bits per heavy atom. The molecule has 0 saturated heterocycles. The van der Waals surface area contributed by atoms with Crippen LogP contribution in [0.4, 0.5) is 0 Å². The van der Waals surface area contributed by atoms with Gasteiger partial charge in [-0.1, -0.05) is 47.5 Å². The summed E-state index contributed by atoms with van der Waals surface area (Å²) >= 11 is 0. The summed E-state index contributed by atoms with van der Waals surface area (Å²) in [5.74, 6) is 0. The molecule has 0 rings (SSSR count). The van der Waals surface area contributed by atoms with Crippen molar-refractivity contribution in [1.82, 2.24) is 10.2 Å². The van der Waals surface area contributed by atoms with Crippen molar-refractivity contribution in [3.05, 3.63) is 0 Å². The fourth-order valence-corrected chi connectivity index (χ4v) is 2.96. The maximum Gasteiger partial charge on any atom is 0.00645 e. The molecule has 0 fully saturated rings. The van der Waals surface area contributed by atoms with Crippen LogP contribution in [0, 0.1) is 5.41 Å². The smallest absolute Gasteiger partial charge is 0.00645 e. The van der Waals surface area contributed by atoms with Gasteiger partial charge in [-0.3, -0.25) is 0 Å². The van der Waals surface area contributed by atoms with E-state index in [1.165, 1.54) is 51.6 Å². The molecule has 0 bridgehead atoms. The Morgan fingerprint density at radius 2 is 1.75 bits per heavy atom. The summed E-state index contributed by atoms with van der Waals surface area (Å²) in [5.41, 5.74) is 0.418. The van der Waals surface area contributed by atoms with Crippen LogP contribution in [0.15, 0.2) is 0 Å². The number of nitrogens with one attached hydrogen (secondary N) is 1. The summed E-state index contributed by atoms with van der Waals surface area (Å²) in [6.45, 7) is 18.9. The normalized spacial score (nSPS) is 16.4. The van der Waals surface area contributed by atoms with Gasteiger partial charge in [0.15, 0.2) is 0 Å². The van der Waals surface area contributed by atoms with Crippen LogP contribution in [-0.4, -0.2) is 37.1 Å². The van der Waals surface area contributed by atoms with Crippen molar-refractivity contribution in [2.24, 2.45) is 5.41 Å². The summed E-state index contributed by atoms with van der Waals surface area (Å²) in [4.78, 5) is 2.73. The first kappa shape index (κ1) is 19.9. The third-order valence-electron chi connectivity index (χ3n) is 4.43. The fraction of sp³-hybridized carbons (Fsp3) is 1.00. The summed E-state index contributed by atoms with van der Waals surface area (Å²) in [6.07, 6.45) is 7.72. The van der Waals surface area contributed by atoms with Crippen molar-refractivity contribution >= 4 is 0 Å². The Hall–Kier alpha value is -0.0800. The molecule has 1 N–H and O–H groups in total. The summed E-state index contributed by atoms with van der Waals surface area (Å²) in [6, 6.07) is 0.712. The highest BCUT2D eigenvalue weighted by atomic mass is 15.2. The second-order valence-electron chi connectivity index (χ2n) is 6.82. The van der Waals surface area contributed by atoms with Gasteiger partial charge in [-0.25, -0.2) is 0 Å². The monoisotopic (exact) mass is 284 g/mol. The average molecular weight is 285 g/mol. The molecule has 122 valence electrons. The van der Waals surface area contributed by atoms with Gasteiger partial charge < -0.3 is 10.2 Å². The zero-order valence-electron chi connectivity index (χ0n) is 15.1. The molecular formula is C18H40N2. The molecule has 20 heavy (non-hydrogen) atoms. The van der Waals surface area contributed by atoms with Gasteiger partial charge in [-0.15, -0.1) is 0 Å². The largest absolute Gasteiger partial charge is 0.316 e. The third kappa shape index (κ3) is 8.26. The molecule has 0 spiro atoms. The van der Waals surface area contributed by atoms with Gasteiger partial charge in [-0.05, 0) is 51.1 Å². The van der Waals surface area contributed by atoms with Crippen LogP contribution < -0.4 is 5.32 Å². The molecular weight excluding hydrogens is 244 g/mol. The SMILES string of the molecule is CCCCN(CC(C)(CCC)CNCCC)C(C)CC. The van der Waals surface area contributed by atoms with Crippen LogP contribution in [0.5, 0.6) is 0 Å². The average Bonchev–Trinajstić information content (AvgIpc) is 2.43. The van der Waals surface area contributed by atoms with E-state index >= 15 is 0 Å². The Kier molecular flexibility index (Phi) is 11.5. The molecule has 0 aliphatic heterocycles. The lowest BCUT2D eigenvalue weighted by molar-refractivity contribution is 0.112. The van der Waals surface area contributed by atoms with Gasteiger partial charge in [-0.2, -0.15) is 0 Å². The molecule has 0 radical (unpaired) electrons. The van der Waals surface area contributed by atoms with E-state index in [4.69, 9.17) is 0 Å². The minimum Gasteiger partial charge on any atom is -0.316 e. The van der Waals surface area contributed by atoms with Crippen molar-refractivity contribution in [1.29, 1.82) is 0 Å². The van der Waals surface area contributed by atoms with E-state index in [0.717, 1.165) is 13.1 Å². The zero-order chi connectivity index (χ0) is 15.4. The van der Waals surface area contributed by atoms with Crippen LogP contribution >= 0.6 is 0 Å². The van der Waals surface area contributed by atoms with Gasteiger partial charge in [0.2, 0.25) is 0 Å².